The zero-order valence-electron chi connectivity index (χ0n) is 17.5. The van der Waals surface area contributed by atoms with Gasteiger partial charge in [0.2, 0.25) is 0 Å². The molecule has 0 saturated carbocycles. The third kappa shape index (κ3) is 5.85. The monoisotopic (exact) mass is 388 g/mol. The second-order valence-electron chi connectivity index (χ2n) is 7.61. The number of anilines is 3. The molecule has 0 bridgehead atoms. The highest BCUT2D eigenvalue weighted by atomic mass is 16.2. The molecular formula is C26H32N2O. The number of para-hydroxylation sites is 1. The average molecular weight is 389 g/mol. The van der Waals surface area contributed by atoms with Crippen molar-refractivity contribution in [2.45, 2.75) is 33.1 Å². The molecule has 0 aliphatic rings. The maximum Gasteiger partial charge on any atom is 0.0471 e. The van der Waals surface area contributed by atoms with E-state index in [2.05, 4.69) is 73.0 Å². The minimum absolute atomic E-state index is 0.154. The van der Waals surface area contributed by atoms with E-state index in [9.17, 15) is 5.11 Å². The van der Waals surface area contributed by atoms with Crippen molar-refractivity contribution in [3.8, 4) is 11.1 Å². The zero-order chi connectivity index (χ0) is 20.5. The molecule has 3 aromatic carbocycles. The van der Waals surface area contributed by atoms with Gasteiger partial charge in [0.25, 0.3) is 0 Å². The van der Waals surface area contributed by atoms with Gasteiger partial charge in [-0.2, -0.15) is 0 Å². The van der Waals surface area contributed by atoms with Crippen LogP contribution in [-0.4, -0.2) is 18.3 Å². The Balaban J connectivity index is 1.92. The SMILES string of the molecule is CCC(C)CCNc1cc(Nc2ccccc2)ccc1-c1ccccc1CCO. The van der Waals surface area contributed by atoms with Crippen molar-refractivity contribution in [1.82, 2.24) is 0 Å². The summed E-state index contributed by atoms with van der Waals surface area (Å²) in [6.07, 6.45) is 3.00. The molecule has 0 spiro atoms. The fraction of sp³-hybridized carbons (Fsp3) is 0.308. The maximum absolute atomic E-state index is 9.47. The standard InChI is InChI=1S/C26H32N2O/c1-3-20(2)15-17-27-26-19-23(28-22-10-5-4-6-11-22)13-14-25(26)24-12-8-7-9-21(24)16-18-29/h4-14,19-20,27-29H,3,15-18H2,1-2H3. The summed E-state index contributed by atoms with van der Waals surface area (Å²) < 4.78 is 0. The highest BCUT2D eigenvalue weighted by Gasteiger charge is 2.11. The van der Waals surface area contributed by atoms with Crippen molar-refractivity contribution in [3.63, 3.8) is 0 Å². The summed E-state index contributed by atoms with van der Waals surface area (Å²) in [5.41, 5.74) is 6.79. The van der Waals surface area contributed by atoms with Gasteiger partial charge < -0.3 is 15.7 Å². The Bertz CT molecular complexity index is 892. The molecule has 0 amide bonds. The Morgan fingerprint density at radius 2 is 1.62 bits per heavy atom. The molecule has 3 heteroatoms. The molecule has 0 fully saturated rings. The van der Waals surface area contributed by atoms with Crippen LogP contribution in [-0.2, 0) is 6.42 Å². The van der Waals surface area contributed by atoms with Gasteiger partial charge in [-0.3, -0.25) is 0 Å². The summed E-state index contributed by atoms with van der Waals surface area (Å²) in [4.78, 5) is 0. The predicted molar refractivity (Wildman–Crippen MR) is 125 cm³/mol. The van der Waals surface area contributed by atoms with Gasteiger partial charge in [-0.25, -0.2) is 0 Å². The first-order valence-electron chi connectivity index (χ1n) is 10.6. The van der Waals surface area contributed by atoms with Crippen molar-refractivity contribution >= 4 is 17.1 Å². The first kappa shape index (κ1) is 20.9. The summed E-state index contributed by atoms with van der Waals surface area (Å²) in [7, 11) is 0. The number of hydrogen-bond acceptors (Lipinski definition) is 3. The Labute approximate surface area is 174 Å². The molecule has 3 aromatic rings. The molecule has 0 radical (unpaired) electrons. The molecule has 3 N–H and O–H groups in total. The van der Waals surface area contributed by atoms with Gasteiger partial charge >= 0.3 is 0 Å². The largest absolute Gasteiger partial charge is 0.396 e. The van der Waals surface area contributed by atoms with E-state index in [1.54, 1.807) is 0 Å². The fourth-order valence-corrected chi connectivity index (χ4v) is 3.47. The number of rotatable bonds is 10. The van der Waals surface area contributed by atoms with E-state index in [1.807, 2.05) is 24.3 Å². The van der Waals surface area contributed by atoms with Gasteiger partial charge in [0.05, 0.1) is 0 Å². The summed E-state index contributed by atoms with van der Waals surface area (Å²) in [5, 5.41) is 16.6. The van der Waals surface area contributed by atoms with Gasteiger partial charge in [0.1, 0.15) is 0 Å². The van der Waals surface area contributed by atoms with Crippen LogP contribution in [0.2, 0.25) is 0 Å². The van der Waals surface area contributed by atoms with Crippen LogP contribution in [0.25, 0.3) is 11.1 Å². The fourth-order valence-electron chi connectivity index (χ4n) is 3.47. The normalized spacial score (nSPS) is 11.8. The van der Waals surface area contributed by atoms with E-state index in [0.29, 0.717) is 12.3 Å². The summed E-state index contributed by atoms with van der Waals surface area (Å²) in [6, 6.07) is 25.1. The van der Waals surface area contributed by atoms with Gasteiger partial charge in [-0.15, -0.1) is 0 Å². The van der Waals surface area contributed by atoms with Crippen LogP contribution in [0.4, 0.5) is 17.1 Å². The average Bonchev–Trinajstić information content (AvgIpc) is 2.75. The molecule has 152 valence electrons. The van der Waals surface area contributed by atoms with Crippen LogP contribution < -0.4 is 10.6 Å². The van der Waals surface area contributed by atoms with E-state index in [-0.39, 0.29) is 6.61 Å². The van der Waals surface area contributed by atoms with E-state index in [4.69, 9.17) is 0 Å². The second-order valence-corrected chi connectivity index (χ2v) is 7.61. The third-order valence-corrected chi connectivity index (χ3v) is 5.42. The van der Waals surface area contributed by atoms with Crippen molar-refractivity contribution in [1.29, 1.82) is 0 Å². The number of benzene rings is 3. The van der Waals surface area contributed by atoms with E-state index in [1.165, 1.54) is 23.1 Å². The maximum atomic E-state index is 9.47. The topological polar surface area (TPSA) is 44.3 Å². The lowest BCUT2D eigenvalue weighted by Gasteiger charge is -2.18. The first-order valence-corrected chi connectivity index (χ1v) is 10.6. The molecule has 0 heterocycles. The molecule has 1 unspecified atom stereocenters. The van der Waals surface area contributed by atoms with Crippen LogP contribution in [0, 0.1) is 5.92 Å². The van der Waals surface area contributed by atoms with E-state index in [0.717, 1.165) is 30.0 Å². The van der Waals surface area contributed by atoms with Gasteiger partial charge in [0, 0.05) is 35.8 Å². The van der Waals surface area contributed by atoms with E-state index < -0.39 is 0 Å². The molecule has 29 heavy (non-hydrogen) atoms. The third-order valence-electron chi connectivity index (χ3n) is 5.42. The second kappa shape index (κ2) is 10.7. The number of aliphatic hydroxyl groups is 1. The number of hydrogen-bond donors (Lipinski definition) is 3. The quantitative estimate of drug-likeness (QED) is 0.372. The number of aliphatic hydroxyl groups excluding tert-OH is 1. The minimum atomic E-state index is 0.154. The lowest BCUT2D eigenvalue weighted by Crippen LogP contribution is -2.08. The van der Waals surface area contributed by atoms with Crippen LogP contribution >= 0.6 is 0 Å². The molecule has 3 rings (SSSR count). The summed E-state index contributed by atoms with van der Waals surface area (Å²) >= 11 is 0. The van der Waals surface area contributed by atoms with Crippen LogP contribution in [0.3, 0.4) is 0 Å². The molecule has 3 nitrogen and oxygen atoms in total. The van der Waals surface area contributed by atoms with Crippen molar-refractivity contribution in [3.05, 3.63) is 78.4 Å². The summed E-state index contributed by atoms with van der Waals surface area (Å²) in [5.74, 6) is 0.707. The smallest absolute Gasteiger partial charge is 0.0471 e. The lowest BCUT2D eigenvalue weighted by atomic mass is 9.96. The highest BCUT2D eigenvalue weighted by Crippen LogP contribution is 2.34. The predicted octanol–water partition coefficient (Wildman–Crippen LogP) is 6.48. The molecule has 0 aliphatic carbocycles. The Kier molecular flexibility index (Phi) is 7.71. The van der Waals surface area contributed by atoms with Gasteiger partial charge in [0.15, 0.2) is 0 Å². The van der Waals surface area contributed by atoms with Gasteiger partial charge in [-0.1, -0.05) is 68.8 Å². The van der Waals surface area contributed by atoms with Crippen LogP contribution in [0.15, 0.2) is 72.8 Å². The van der Waals surface area contributed by atoms with Crippen LogP contribution in [0.5, 0.6) is 0 Å². The van der Waals surface area contributed by atoms with Gasteiger partial charge in [-0.05, 0) is 54.2 Å². The van der Waals surface area contributed by atoms with E-state index >= 15 is 0 Å². The first-order chi connectivity index (χ1) is 14.2. The lowest BCUT2D eigenvalue weighted by molar-refractivity contribution is 0.300. The molecule has 0 aromatic heterocycles. The Hall–Kier alpha value is -2.78. The Morgan fingerprint density at radius 1 is 0.862 bits per heavy atom. The number of nitrogens with one attached hydrogen (secondary N) is 2. The minimum Gasteiger partial charge on any atom is -0.396 e. The molecular weight excluding hydrogens is 356 g/mol. The van der Waals surface area contributed by atoms with Crippen molar-refractivity contribution in [2.75, 3.05) is 23.8 Å². The molecule has 0 saturated heterocycles. The summed E-state index contributed by atoms with van der Waals surface area (Å²) in [6.45, 7) is 5.64. The molecule has 1 atom stereocenters. The Morgan fingerprint density at radius 3 is 2.38 bits per heavy atom. The van der Waals surface area contributed by atoms with Crippen LogP contribution in [0.1, 0.15) is 32.3 Å². The van der Waals surface area contributed by atoms with Crippen molar-refractivity contribution < 1.29 is 5.11 Å². The zero-order valence-corrected chi connectivity index (χ0v) is 17.5. The molecule has 0 aliphatic heterocycles. The van der Waals surface area contributed by atoms with Crippen molar-refractivity contribution in [2.24, 2.45) is 5.92 Å². The highest BCUT2D eigenvalue weighted by molar-refractivity contribution is 5.83.